The van der Waals surface area contributed by atoms with Crippen LogP contribution in [0.4, 0.5) is 18.3 Å². The minimum absolute atomic E-state index is 0.0510. The molecule has 1 N–H and O–H groups in total. The first-order valence-corrected chi connectivity index (χ1v) is 7.97. The number of hydrogen-bond donors (Lipinski definition) is 1. The summed E-state index contributed by atoms with van der Waals surface area (Å²) >= 11 is 0.480. The number of nitrogens with zero attached hydrogens (tertiary/aromatic N) is 5. The molecule has 1 amide bonds. The van der Waals surface area contributed by atoms with Crippen LogP contribution in [0.15, 0.2) is 18.6 Å². The van der Waals surface area contributed by atoms with Crippen molar-refractivity contribution in [1.82, 2.24) is 25.1 Å². The lowest BCUT2D eigenvalue weighted by Crippen LogP contribution is -2.42. The van der Waals surface area contributed by atoms with Gasteiger partial charge in [-0.25, -0.2) is 4.98 Å². The second-order valence-corrected chi connectivity index (χ2v) is 6.19. The van der Waals surface area contributed by atoms with Crippen molar-refractivity contribution in [2.75, 3.05) is 18.4 Å². The molecule has 1 aliphatic heterocycles. The van der Waals surface area contributed by atoms with E-state index < -0.39 is 11.2 Å². The molecule has 11 heteroatoms. The Bertz CT molecular complexity index is 699. The fourth-order valence-corrected chi connectivity index (χ4v) is 3.06. The highest BCUT2D eigenvalue weighted by Crippen LogP contribution is 2.33. The summed E-state index contributed by atoms with van der Waals surface area (Å²) < 4.78 is 37.5. The summed E-state index contributed by atoms with van der Waals surface area (Å²) in [5.74, 6) is -0.197. The predicted molar refractivity (Wildman–Crippen MR) is 79.5 cm³/mol. The van der Waals surface area contributed by atoms with Crippen LogP contribution >= 0.6 is 11.3 Å². The number of rotatable bonds is 3. The van der Waals surface area contributed by atoms with E-state index >= 15 is 0 Å². The van der Waals surface area contributed by atoms with Crippen molar-refractivity contribution in [2.45, 2.75) is 25.1 Å². The van der Waals surface area contributed by atoms with Gasteiger partial charge in [-0.15, -0.1) is 10.2 Å². The lowest BCUT2D eigenvalue weighted by Gasteiger charge is -2.31. The van der Waals surface area contributed by atoms with Crippen molar-refractivity contribution in [3.8, 4) is 0 Å². The molecule has 0 unspecified atom stereocenters. The number of likely N-dealkylation sites (tertiary alicyclic amines) is 1. The molecule has 3 rings (SSSR count). The number of hydrogen-bond acceptors (Lipinski definition) is 7. The Hall–Kier alpha value is -2.30. The van der Waals surface area contributed by atoms with Gasteiger partial charge in [0, 0.05) is 31.5 Å². The number of anilines is 1. The zero-order valence-electron chi connectivity index (χ0n) is 12.3. The number of amides is 1. The predicted octanol–water partition coefficient (Wildman–Crippen LogP) is 2.06. The highest BCUT2D eigenvalue weighted by molar-refractivity contribution is 7.15. The molecule has 0 atom stereocenters. The number of halogens is 3. The van der Waals surface area contributed by atoms with E-state index in [4.69, 9.17) is 0 Å². The fraction of sp³-hybridized carbons (Fsp3) is 0.462. The van der Waals surface area contributed by atoms with Crippen LogP contribution in [0.1, 0.15) is 28.3 Å². The standard InChI is InChI=1S/C13H13F3N6OS/c14-13(15,16)11-20-21-12(24-11)19-8-1-5-22(6-2-8)10(23)9-7-17-3-4-18-9/h3-4,7-8H,1-2,5-6H2,(H,19,21). The summed E-state index contributed by atoms with van der Waals surface area (Å²) in [4.78, 5) is 21.7. The van der Waals surface area contributed by atoms with Gasteiger partial charge in [0.25, 0.3) is 5.91 Å². The molecular weight excluding hydrogens is 345 g/mol. The lowest BCUT2D eigenvalue weighted by atomic mass is 10.1. The molecule has 0 bridgehead atoms. The second-order valence-electron chi connectivity index (χ2n) is 5.21. The Balaban J connectivity index is 1.54. The molecule has 7 nitrogen and oxygen atoms in total. The molecule has 1 saturated heterocycles. The molecule has 1 fully saturated rings. The van der Waals surface area contributed by atoms with Crippen LogP contribution in [0.25, 0.3) is 0 Å². The summed E-state index contributed by atoms with van der Waals surface area (Å²) in [6.07, 6.45) is 1.08. The Morgan fingerprint density at radius 1 is 1.25 bits per heavy atom. The average molecular weight is 358 g/mol. The van der Waals surface area contributed by atoms with Gasteiger partial charge in [-0.2, -0.15) is 13.2 Å². The molecule has 1 aliphatic rings. The summed E-state index contributed by atoms with van der Waals surface area (Å²) in [5, 5.41) is 8.77. The van der Waals surface area contributed by atoms with Crippen LogP contribution in [0, 0.1) is 0 Å². The molecule has 3 heterocycles. The third-order valence-corrected chi connectivity index (χ3v) is 4.46. The number of nitrogens with one attached hydrogen (secondary N) is 1. The van der Waals surface area contributed by atoms with Crippen LogP contribution in [0.5, 0.6) is 0 Å². The van der Waals surface area contributed by atoms with Gasteiger partial charge >= 0.3 is 6.18 Å². The molecule has 0 aliphatic carbocycles. The Kier molecular flexibility index (Phi) is 4.60. The van der Waals surface area contributed by atoms with Gasteiger partial charge in [0.2, 0.25) is 10.1 Å². The maximum atomic E-state index is 12.5. The molecule has 2 aromatic rings. The van der Waals surface area contributed by atoms with Gasteiger partial charge in [-0.3, -0.25) is 9.78 Å². The van der Waals surface area contributed by atoms with Crippen molar-refractivity contribution in [1.29, 1.82) is 0 Å². The number of piperidine rings is 1. The first-order valence-electron chi connectivity index (χ1n) is 7.16. The first-order chi connectivity index (χ1) is 11.4. The molecular formula is C13H13F3N6OS. The number of alkyl halides is 3. The highest BCUT2D eigenvalue weighted by Gasteiger charge is 2.36. The van der Waals surface area contributed by atoms with Crippen molar-refractivity contribution in [2.24, 2.45) is 0 Å². The SMILES string of the molecule is O=C(c1cnccn1)N1CCC(Nc2nnc(C(F)(F)F)s2)CC1. The summed E-state index contributed by atoms with van der Waals surface area (Å²) in [7, 11) is 0. The van der Waals surface area contributed by atoms with Gasteiger partial charge < -0.3 is 10.2 Å². The monoisotopic (exact) mass is 358 g/mol. The fourth-order valence-electron chi connectivity index (χ4n) is 2.37. The van der Waals surface area contributed by atoms with Crippen LogP contribution in [-0.4, -0.2) is 50.1 Å². The zero-order valence-corrected chi connectivity index (χ0v) is 13.1. The van der Waals surface area contributed by atoms with Gasteiger partial charge in [0.1, 0.15) is 5.69 Å². The molecule has 2 aromatic heterocycles. The maximum absolute atomic E-state index is 12.5. The second kappa shape index (κ2) is 6.67. The van der Waals surface area contributed by atoms with Crippen LogP contribution < -0.4 is 5.32 Å². The van der Waals surface area contributed by atoms with Gasteiger partial charge in [-0.05, 0) is 12.8 Å². The zero-order chi connectivity index (χ0) is 17.2. The van der Waals surface area contributed by atoms with Crippen molar-refractivity contribution >= 4 is 22.4 Å². The van der Waals surface area contributed by atoms with Crippen LogP contribution in [0.3, 0.4) is 0 Å². The smallest absolute Gasteiger partial charge is 0.357 e. The number of carbonyl (C=O) groups is 1. The summed E-state index contributed by atoms with van der Waals surface area (Å²) in [6.45, 7) is 0.968. The van der Waals surface area contributed by atoms with E-state index in [9.17, 15) is 18.0 Å². The van der Waals surface area contributed by atoms with Gasteiger partial charge in [0.05, 0.1) is 6.20 Å². The number of aromatic nitrogens is 4. The quantitative estimate of drug-likeness (QED) is 0.904. The van der Waals surface area contributed by atoms with Crippen LogP contribution in [-0.2, 0) is 6.18 Å². The van der Waals surface area contributed by atoms with E-state index in [1.54, 1.807) is 4.90 Å². The Labute approximate surface area is 138 Å². The molecule has 24 heavy (non-hydrogen) atoms. The molecule has 0 aromatic carbocycles. The minimum atomic E-state index is -4.48. The van der Waals surface area contributed by atoms with E-state index in [0.717, 1.165) is 0 Å². The van der Waals surface area contributed by atoms with E-state index in [1.807, 2.05) is 0 Å². The summed E-state index contributed by atoms with van der Waals surface area (Å²) in [5.41, 5.74) is 0.280. The largest absolute Gasteiger partial charge is 0.445 e. The normalized spacial score (nSPS) is 16.2. The van der Waals surface area contributed by atoms with E-state index in [1.165, 1.54) is 18.6 Å². The third-order valence-electron chi connectivity index (χ3n) is 3.56. The van der Waals surface area contributed by atoms with Crippen molar-refractivity contribution in [3.63, 3.8) is 0 Å². The first kappa shape index (κ1) is 16.6. The molecule has 0 radical (unpaired) electrons. The van der Waals surface area contributed by atoms with E-state index in [-0.39, 0.29) is 22.8 Å². The van der Waals surface area contributed by atoms with Gasteiger partial charge in [-0.1, -0.05) is 11.3 Å². The van der Waals surface area contributed by atoms with E-state index in [2.05, 4.69) is 25.5 Å². The highest BCUT2D eigenvalue weighted by atomic mass is 32.1. The van der Waals surface area contributed by atoms with Gasteiger partial charge in [0.15, 0.2) is 0 Å². The average Bonchev–Trinajstić information content (AvgIpc) is 3.05. The molecule has 128 valence electrons. The molecule has 0 saturated carbocycles. The number of carbonyl (C=O) groups excluding carboxylic acids is 1. The molecule has 0 spiro atoms. The van der Waals surface area contributed by atoms with Crippen LogP contribution in [0.2, 0.25) is 0 Å². The van der Waals surface area contributed by atoms with Crippen molar-refractivity contribution < 1.29 is 18.0 Å². The topological polar surface area (TPSA) is 83.9 Å². The lowest BCUT2D eigenvalue weighted by molar-refractivity contribution is -0.138. The Morgan fingerprint density at radius 2 is 2.00 bits per heavy atom. The van der Waals surface area contributed by atoms with Crippen molar-refractivity contribution in [3.05, 3.63) is 29.3 Å². The third kappa shape index (κ3) is 3.78. The minimum Gasteiger partial charge on any atom is -0.357 e. The Morgan fingerprint density at radius 3 is 2.58 bits per heavy atom. The summed E-state index contributed by atoms with van der Waals surface area (Å²) in [6, 6.07) is -0.0510. The van der Waals surface area contributed by atoms with E-state index in [0.29, 0.717) is 37.3 Å². The maximum Gasteiger partial charge on any atom is 0.445 e.